The predicted octanol–water partition coefficient (Wildman–Crippen LogP) is 3.22. The largest absolute Gasteiger partial charge is 0.380 e. The summed E-state index contributed by atoms with van der Waals surface area (Å²) < 4.78 is 0. The Morgan fingerprint density at radius 3 is 3.00 bits per heavy atom. The molecule has 0 fully saturated rings. The third-order valence-corrected chi connectivity index (χ3v) is 2.97. The fraction of sp³-hybridized carbons (Fsp3) is 0.0769. The number of rotatable bonds is 3. The Labute approximate surface area is 109 Å². The van der Waals surface area contributed by atoms with Gasteiger partial charge in [-0.05, 0) is 29.8 Å². The summed E-state index contributed by atoms with van der Waals surface area (Å²) in [7, 11) is 0. The summed E-state index contributed by atoms with van der Waals surface area (Å²) in [6, 6.07) is 7.66. The molecule has 0 radical (unpaired) electrons. The van der Waals surface area contributed by atoms with Crippen LogP contribution < -0.4 is 5.32 Å². The van der Waals surface area contributed by atoms with Crippen molar-refractivity contribution in [3.8, 4) is 0 Å². The Hall–Kier alpha value is -2.07. The van der Waals surface area contributed by atoms with E-state index in [0.29, 0.717) is 5.15 Å². The highest BCUT2D eigenvalue weighted by Gasteiger charge is 2.03. The molecule has 0 aromatic carbocycles. The number of nitrogens with zero attached hydrogens (tertiary/aromatic N) is 2. The summed E-state index contributed by atoms with van der Waals surface area (Å²) in [4.78, 5) is 11.4. The first-order chi connectivity index (χ1) is 8.83. The second-order valence-corrected chi connectivity index (χ2v) is 4.32. The molecular weight excluding hydrogens is 248 g/mol. The molecule has 2 N–H and O–H groups in total. The van der Waals surface area contributed by atoms with Gasteiger partial charge in [0, 0.05) is 24.3 Å². The smallest absolute Gasteiger partial charge is 0.137 e. The number of aromatic nitrogens is 3. The summed E-state index contributed by atoms with van der Waals surface area (Å²) >= 11 is 5.74. The normalized spacial score (nSPS) is 10.7. The van der Waals surface area contributed by atoms with Gasteiger partial charge < -0.3 is 10.3 Å². The van der Waals surface area contributed by atoms with Crippen LogP contribution in [0.1, 0.15) is 5.56 Å². The van der Waals surface area contributed by atoms with Crippen molar-refractivity contribution in [1.82, 2.24) is 15.0 Å². The molecule has 0 unspecified atom stereocenters. The SMILES string of the molecule is Clc1ccc(NCc2c[nH]c3ncccc23)cn1. The van der Waals surface area contributed by atoms with Gasteiger partial charge in [-0.2, -0.15) is 0 Å². The Balaban J connectivity index is 1.79. The molecule has 3 heterocycles. The predicted molar refractivity (Wildman–Crippen MR) is 72.7 cm³/mol. The standard InChI is InChI=1S/C13H11ClN4/c14-12-4-3-10(8-17-12)16-6-9-7-18-13-11(9)2-1-5-15-13/h1-5,7-8,16H,6H2,(H,15,18). The first-order valence-corrected chi connectivity index (χ1v) is 5.97. The third-order valence-electron chi connectivity index (χ3n) is 2.75. The Morgan fingerprint density at radius 2 is 2.17 bits per heavy atom. The van der Waals surface area contributed by atoms with Crippen molar-refractivity contribution in [2.24, 2.45) is 0 Å². The molecule has 90 valence electrons. The number of pyridine rings is 2. The lowest BCUT2D eigenvalue weighted by molar-refractivity contribution is 1.15. The van der Waals surface area contributed by atoms with Gasteiger partial charge in [-0.1, -0.05) is 11.6 Å². The van der Waals surface area contributed by atoms with Gasteiger partial charge in [0.25, 0.3) is 0 Å². The minimum absolute atomic E-state index is 0.497. The fourth-order valence-corrected chi connectivity index (χ4v) is 1.95. The molecule has 18 heavy (non-hydrogen) atoms. The van der Waals surface area contributed by atoms with Crippen LogP contribution in [0.5, 0.6) is 0 Å². The van der Waals surface area contributed by atoms with E-state index in [0.717, 1.165) is 23.3 Å². The lowest BCUT2D eigenvalue weighted by Crippen LogP contribution is -1.98. The minimum Gasteiger partial charge on any atom is -0.380 e. The van der Waals surface area contributed by atoms with Crippen molar-refractivity contribution in [3.63, 3.8) is 0 Å². The van der Waals surface area contributed by atoms with E-state index in [1.807, 2.05) is 18.3 Å². The highest BCUT2D eigenvalue weighted by Crippen LogP contribution is 2.17. The van der Waals surface area contributed by atoms with E-state index in [1.54, 1.807) is 18.5 Å². The van der Waals surface area contributed by atoms with Crippen molar-refractivity contribution >= 4 is 28.3 Å². The summed E-state index contributed by atoms with van der Waals surface area (Å²) in [5.41, 5.74) is 3.02. The van der Waals surface area contributed by atoms with Gasteiger partial charge in [-0.25, -0.2) is 9.97 Å². The molecule has 0 aliphatic carbocycles. The molecular formula is C13H11ClN4. The van der Waals surface area contributed by atoms with Gasteiger partial charge in [0.05, 0.1) is 11.9 Å². The molecule has 5 heteroatoms. The molecule has 0 saturated heterocycles. The molecule has 3 aromatic heterocycles. The highest BCUT2D eigenvalue weighted by atomic mass is 35.5. The Kier molecular flexibility index (Phi) is 2.86. The van der Waals surface area contributed by atoms with Gasteiger partial charge in [-0.3, -0.25) is 0 Å². The number of hydrogen-bond acceptors (Lipinski definition) is 3. The van der Waals surface area contributed by atoms with Crippen molar-refractivity contribution in [2.45, 2.75) is 6.54 Å². The lowest BCUT2D eigenvalue weighted by Gasteiger charge is -2.04. The van der Waals surface area contributed by atoms with Gasteiger partial charge in [0.2, 0.25) is 0 Å². The number of nitrogens with one attached hydrogen (secondary N) is 2. The number of aromatic amines is 1. The zero-order chi connectivity index (χ0) is 12.4. The molecule has 0 aliphatic heterocycles. The van der Waals surface area contributed by atoms with Crippen LogP contribution >= 0.6 is 11.6 Å². The molecule has 3 aromatic rings. The molecule has 0 bridgehead atoms. The van der Waals surface area contributed by atoms with Crippen molar-refractivity contribution in [3.05, 3.63) is 53.6 Å². The first-order valence-electron chi connectivity index (χ1n) is 5.59. The summed E-state index contributed by atoms with van der Waals surface area (Å²) in [5.74, 6) is 0. The van der Waals surface area contributed by atoms with E-state index in [-0.39, 0.29) is 0 Å². The number of hydrogen-bond donors (Lipinski definition) is 2. The molecule has 0 atom stereocenters. The molecule has 0 amide bonds. The van der Waals surface area contributed by atoms with E-state index in [9.17, 15) is 0 Å². The van der Waals surface area contributed by atoms with Crippen molar-refractivity contribution in [1.29, 1.82) is 0 Å². The lowest BCUT2D eigenvalue weighted by atomic mass is 10.2. The minimum atomic E-state index is 0.497. The van der Waals surface area contributed by atoms with E-state index in [4.69, 9.17) is 11.6 Å². The molecule has 0 saturated carbocycles. The van der Waals surface area contributed by atoms with Crippen LogP contribution in [0.2, 0.25) is 5.15 Å². The van der Waals surface area contributed by atoms with Crippen molar-refractivity contribution < 1.29 is 0 Å². The quantitative estimate of drug-likeness (QED) is 0.709. The van der Waals surface area contributed by atoms with E-state index in [1.165, 1.54) is 5.56 Å². The maximum atomic E-state index is 5.74. The maximum Gasteiger partial charge on any atom is 0.137 e. The molecule has 4 nitrogen and oxygen atoms in total. The number of fused-ring (bicyclic) bond motifs is 1. The summed E-state index contributed by atoms with van der Waals surface area (Å²) in [6.45, 7) is 0.717. The number of halogens is 1. The zero-order valence-corrected chi connectivity index (χ0v) is 10.3. The van der Waals surface area contributed by atoms with E-state index >= 15 is 0 Å². The number of anilines is 1. The van der Waals surface area contributed by atoms with Crippen LogP contribution in [-0.4, -0.2) is 15.0 Å². The van der Waals surface area contributed by atoms with Crippen LogP contribution in [-0.2, 0) is 6.54 Å². The Bertz CT molecular complexity index is 660. The van der Waals surface area contributed by atoms with Gasteiger partial charge in [-0.15, -0.1) is 0 Å². The van der Waals surface area contributed by atoms with E-state index < -0.39 is 0 Å². The summed E-state index contributed by atoms with van der Waals surface area (Å²) in [5, 5.41) is 4.93. The number of H-pyrrole nitrogens is 1. The average molecular weight is 259 g/mol. The summed E-state index contributed by atoms with van der Waals surface area (Å²) in [6.07, 6.45) is 5.46. The fourth-order valence-electron chi connectivity index (χ4n) is 1.84. The topological polar surface area (TPSA) is 53.6 Å². The second-order valence-electron chi connectivity index (χ2n) is 3.94. The molecule has 0 spiro atoms. The van der Waals surface area contributed by atoms with Crippen LogP contribution in [0.25, 0.3) is 11.0 Å². The van der Waals surface area contributed by atoms with Crippen LogP contribution in [0.4, 0.5) is 5.69 Å². The van der Waals surface area contributed by atoms with Crippen LogP contribution in [0, 0.1) is 0 Å². The van der Waals surface area contributed by atoms with Gasteiger partial charge in [0.15, 0.2) is 0 Å². The zero-order valence-electron chi connectivity index (χ0n) is 9.52. The highest BCUT2D eigenvalue weighted by molar-refractivity contribution is 6.29. The van der Waals surface area contributed by atoms with Gasteiger partial charge in [0.1, 0.15) is 10.8 Å². The molecule has 0 aliphatic rings. The molecule has 3 rings (SSSR count). The van der Waals surface area contributed by atoms with E-state index in [2.05, 4.69) is 26.3 Å². The average Bonchev–Trinajstić information content (AvgIpc) is 2.82. The van der Waals surface area contributed by atoms with Crippen molar-refractivity contribution in [2.75, 3.05) is 5.32 Å². The monoisotopic (exact) mass is 258 g/mol. The second kappa shape index (κ2) is 4.66. The first kappa shape index (κ1) is 11.0. The van der Waals surface area contributed by atoms with Gasteiger partial charge >= 0.3 is 0 Å². The van der Waals surface area contributed by atoms with Crippen LogP contribution in [0.15, 0.2) is 42.9 Å². The third kappa shape index (κ3) is 2.15. The Morgan fingerprint density at radius 1 is 1.22 bits per heavy atom. The maximum absolute atomic E-state index is 5.74. The van der Waals surface area contributed by atoms with Crippen LogP contribution in [0.3, 0.4) is 0 Å².